The molecule has 5 atom stereocenters. The molecule has 0 aliphatic rings. The highest BCUT2D eigenvalue weighted by Gasteiger charge is 2.30. The number of hydrogen-bond donors (Lipinski definition) is 3. The molecule has 0 aromatic rings. The van der Waals surface area contributed by atoms with Crippen LogP contribution in [-0.4, -0.2) is 96.7 Å². The molecule has 108 heavy (non-hydrogen) atoms. The Balaban J connectivity index is 5.49. The second-order valence-electron chi connectivity index (χ2n) is 26.6. The van der Waals surface area contributed by atoms with E-state index in [4.69, 9.17) is 37.0 Å². The van der Waals surface area contributed by atoms with Crippen molar-refractivity contribution in [2.24, 2.45) is 0 Å². The van der Waals surface area contributed by atoms with Crippen LogP contribution in [0.1, 0.15) is 297 Å². The summed E-state index contributed by atoms with van der Waals surface area (Å²) in [6, 6.07) is 0. The lowest BCUT2D eigenvalue weighted by atomic mass is 10.1. The van der Waals surface area contributed by atoms with Gasteiger partial charge in [-0.1, -0.05) is 293 Å². The van der Waals surface area contributed by atoms with Gasteiger partial charge >= 0.3 is 39.5 Å². The van der Waals surface area contributed by atoms with E-state index in [0.717, 1.165) is 199 Å². The second kappa shape index (κ2) is 79.3. The molecule has 0 bridgehead atoms. The van der Waals surface area contributed by atoms with Crippen LogP contribution in [0.25, 0.3) is 0 Å². The van der Waals surface area contributed by atoms with Gasteiger partial charge in [0.25, 0.3) is 0 Å². The molecular weight excluding hydrogens is 1400 g/mol. The fraction of sp³-hybridized carbons (Fsp3) is 0.618. The molecule has 17 nitrogen and oxygen atoms in total. The quantitative estimate of drug-likeness (QED) is 0.0169. The van der Waals surface area contributed by atoms with E-state index in [1.807, 2.05) is 12.2 Å². The normalized spacial score (nSPS) is 14.8. The monoisotopic (exact) mass is 1550 g/mol. The van der Waals surface area contributed by atoms with Crippen LogP contribution < -0.4 is 0 Å². The Labute approximate surface area is 654 Å². The van der Waals surface area contributed by atoms with Gasteiger partial charge in [0.1, 0.15) is 19.3 Å². The number of rotatable bonds is 75. The zero-order valence-corrected chi connectivity index (χ0v) is 68.7. The Hall–Kier alpha value is -5.84. The molecule has 3 N–H and O–H groups in total. The van der Waals surface area contributed by atoms with E-state index >= 15 is 0 Å². The standard InChI is InChI=1S/C89H144O17P2/c1-5-9-13-17-21-25-29-33-37-40-41-44-47-50-54-58-62-66-70-74-87(92)100-80-85(106-89(94)76-72-68-64-60-56-52-48-43-39-35-31-27-23-19-15-11-7-3)82-104-108(97,98)102-78-83(90)77-101-107(95,96)103-81-84(105-88(93)75-71-67-63-59-55-51-45-36-32-28-24-20-16-12-8-4)79-99-86(91)73-69-65-61-57-53-49-46-42-38-34-30-26-22-18-14-10-6-2/h10-12,14-16,21-28,33-39,41,44-46,49,55,59,67,71,83-85,90H,5-9,13,17-20,29-32,40,42-43,47-48,50-54,56-58,60-66,68-70,72-82H2,1-4H3,(H,95,96)(H,97,98)/b14-10-,15-11-,16-12-,25-21-,26-22-,27-23-,28-24-,37-33-,38-34-,39-35-,44-41-,45-36-,49-46-,59-55-,71-67-. The van der Waals surface area contributed by atoms with Crippen molar-refractivity contribution in [3.05, 3.63) is 182 Å². The lowest BCUT2D eigenvalue weighted by molar-refractivity contribution is -0.161. The molecule has 612 valence electrons. The molecule has 5 unspecified atom stereocenters. The molecule has 0 aliphatic heterocycles. The minimum Gasteiger partial charge on any atom is -0.462 e. The lowest BCUT2D eigenvalue weighted by Crippen LogP contribution is -2.30. The number of aliphatic hydroxyl groups excluding tert-OH is 1. The molecule has 0 rings (SSSR count). The van der Waals surface area contributed by atoms with Gasteiger partial charge in [0.05, 0.1) is 32.8 Å². The number of ether oxygens (including phenoxy) is 4. The Morgan fingerprint density at radius 1 is 0.278 bits per heavy atom. The van der Waals surface area contributed by atoms with E-state index in [1.54, 1.807) is 12.2 Å². The summed E-state index contributed by atoms with van der Waals surface area (Å²) in [5.41, 5.74) is 0. The molecule has 0 spiro atoms. The van der Waals surface area contributed by atoms with Crippen LogP contribution in [0.4, 0.5) is 0 Å². The maximum Gasteiger partial charge on any atom is 0.472 e. The topological polar surface area (TPSA) is 237 Å². The van der Waals surface area contributed by atoms with Crippen molar-refractivity contribution in [2.75, 3.05) is 39.6 Å². The van der Waals surface area contributed by atoms with E-state index in [0.29, 0.717) is 25.7 Å². The number of allylic oxidation sites excluding steroid dienone is 29. The Morgan fingerprint density at radius 3 is 0.824 bits per heavy atom. The first-order valence-corrected chi connectivity index (χ1v) is 44.0. The van der Waals surface area contributed by atoms with Crippen LogP contribution >= 0.6 is 15.6 Å². The van der Waals surface area contributed by atoms with Gasteiger partial charge in [-0.25, -0.2) is 9.13 Å². The molecule has 19 heteroatoms. The zero-order chi connectivity index (χ0) is 78.9. The van der Waals surface area contributed by atoms with E-state index in [9.17, 15) is 43.2 Å². The summed E-state index contributed by atoms with van der Waals surface area (Å²) in [5, 5.41) is 10.7. The summed E-state index contributed by atoms with van der Waals surface area (Å²) in [6.45, 7) is 4.33. The molecule has 0 amide bonds. The van der Waals surface area contributed by atoms with Gasteiger partial charge in [0.15, 0.2) is 12.2 Å². The first kappa shape index (κ1) is 102. The van der Waals surface area contributed by atoms with Crippen LogP contribution in [0.15, 0.2) is 182 Å². The average Bonchev–Trinajstić information content (AvgIpc) is 0.907. The second-order valence-corrected chi connectivity index (χ2v) is 29.5. The van der Waals surface area contributed by atoms with Crippen LogP contribution in [0.3, 0.4) is 0 Å². The molecule has 0 fully saturated rings. The molecular formula is C89H144O17P2. The van der Waals surface area contributed by atoms with Crippen molar-refractivity contribution < 1.29 is 80.2 Å². The van der Waals surface area contributed by atoms with Crippen molar-refractivity contribution >= 4 is 39.5 Å². The molecule has 0 aromatic heterocycles. The minimum absolute atomic E-state index is 0.0713. The predicted molar refractivity (Wildman–Crippen MR) is 445 cm³/mol. The highest BCUT2D eigenvalue weighted by atomic mass is 31.2. The van der Waals surface area contributed by atoms with E-state index in [-0.39, 0.29) is 25.7 Å². The molecule has 0 saturated carbocycles. The highest BCUT2D eigenvalue weighted by Crippen LogP contribution is 2.45. The minimum atomic E-state index is -5.02. The van der Waals surface area contributed by atoms with Gasteiger partial charge in [-0.3, -0.25) is 37.3 Å². The zero-order valence-electron chi connectivity index (χ0n) is 66.9. The molecule has 0 heterocycles. The van der Waals surface area contributed by atoms with Gasteiger partial charge in [0, 0.05) is 19.3 Å². The summed E-state index contributed by atoms with van der Waals surface area (Å²) in [6.07, 6.45) is 96.1. The van der Waals surface area contributed by atoms with Crippen LogP contribution in [0.2, 0.25) is 0 Å². The van der Waals surface area contributed by atoms with Crippen LogP contribution in [0, 0.1) is 0 Å². The maximum atomic E-state index is 13.1. The molecule has 0 saturated heterocycles. The summed E-state index contributed by atoms with van der Waals surface area (Å²) in [5.74, 6) is -2.39. The number of carbonyl (C=O) groups excluding carboxylic acids is 4. The average molecular weight is 1550 g/mol. The largest absolute Gasteiger partial charge is 0.472 e. The first-order chi connectivity index (χ1) is 52.7. The Morgan fingerprint density at radius 2 is 0.519 bits per heavy atom. The lowest BCUT2D eigenvalue weighted by Gasteiger charge is -2.21. The summed E-state index contributed by atoms with van der Waals surface area (Å²) in [4.78, 5) is 73.1. The van der Waals surface area contributed by atoms with E-state index < -0.39 is 97.5 Å². The molecule has 0 aliphatic carbocycles. The first-order valence-electron chi connectivity index (χ1n) is 41.0. The van der Waals surface area contributed by atoms with Crippen molar-refractivity contribution in [1.82, 2.24) is 0 Å². The Bertz CT molecular complexity index is 2760. The smallest absolute Gasteiger partial charge is 0.462 e. The number of hydrogen-bond acceptors (Lipinski definition) is 15. The third-order valence-electron chi connectivity index (χ3n) is 16.4. The summed E-state index contributed by atoms with van der Waals surface area (Å²) in [7, 11) is -10.0. The number of aliphatic hydroxyl groups is 1. The summed E-state index contributed by atoms with van der Waals surface area (Å²) < 4.78 is 68.5. The van der Waals surface area contributed by atoms with Crippen LogP contribution in [-0.2, 0) is 65.4 Å². The number of esters is 4. The number of unbranched alkanes of at least 4 members (excludes halogenated alkanes) is 20. The highest BCUT2D eigenvalue weighted by molar-refractivity contribution is 7.47. The van der Waals surface area contributed by atoms with Gasteiger partial charge in [-0.15, -0.1) is 0 Å². The van der Waals surface area contributed by atoms with Gasteiger partial charge in [-0.05, 0) is 161 Å². The summed E-state index contributed by atoms with van der Waals surface area (Å²) >= 11 is 0. The van der Waals surface area contributed by atoms with E-state index in [1.165, 1.54) is 19.3 Å². The van der Waals surface area contributed by atoms with E-state index in [2.05, 4.69) is 186 Å². The fourth-order valence-corrected chi connectivity index (χ4v) is 11.8. The van der Waals surface area contributed by atoms with Crippen molar-refractivity contribution in [1.29, 1.82) is 0 Å². The number of phosphoric acid groups is 2. The third-order valence-corrected chi connectivity index (χ3v) is 18.3. The van der Waals surface area contributed by atoms with Crippen molar-refractivity contribution in [3.63, 3.8) is 0 Å². The SMILES string of the molecule is CC/C=C\C/C=C\C/C=C\C/C=C\C/C=C\CC(=O)OC(COC(=O)CCCCCC/C=C\C/C=C\C/C=C\C/C=C\CC)COP(=O)(O)OCC(O)COP(=O)(O)OCC(COC(=O)CCCCCCCC/C=C\C/C=C\C/C=C\CCCCC)OC(=O)CCCCCCCCC/C=C\C/C=C\C/C=C\CC. The van der Waals surface area contributed by atoms with Gasteiger partial charge < -0.3 is 33.8 Å². The molecule has 0 radical (unpaired) electrons. The number of phosphoric ester groups is 2. The predicted octanol–water partition coefficient (Wildman–Crippen LogP) is 24.3. The van der Waals surface area contributed by atoms with Gasteiger partial charge in [0.2, 0.25) is 0 Å². The van der Waals surface area contributed by atoms with Gasteiger partial charge in [-0.2, -0.15) is 0 Å². The Kier molecular flexibility index (Phi) is 75.0. The number of carbonyl (C=O) groups is 4. The van der Waals surface area contributed by atoms with Crippen molar-refractivity contribution in [3.8, 4) is 0 Å². The van der Waals surface area contributed by atoms with Crippen molar-refractivity contribution in [2.45, 2.75) is 316 Å². The van der Waals surface area contributed by atoms with Crippen LogP contribution in [0.5, 0.6) is 0 Å². The molecule has 0 aromatic carbocycles. The maximum absolute atomic E-state index is 13.1. The fourth-order valence-electron chi connectivity index (χ4n) is 10.2. The third kappa shape index (κ3) is 78.3.